The predicted octanol–water partition coefficient (Wildman–Crippen LogP) is 2.43. The lowest BCUT2D eigenvalue weighted by atomic mass is 10.1. The number of benzene rings is 1. The lowest BCUT2D eigenvalue weighted by Crippen LogP contribution is -1.86. The average Bonchev–Trinajstić information content (AvgIpc) is 2.27. The number of hydrogen-bond donors (Lipinski definition) is 0. The van der Waals surface area contributed by atoms with Crippen LogP contribution >= 0.6 is 0 Å². The minimum absolute atomic E-state index is 0.100. The molecule has 3 nitrogen and oxygen atoms in total. The first-order valence-corrected chi connectivity index (χ1v) is 4.37. The monoisotopic (exact) mass is 198 g/mol. The van der Waals surface area contributed by atoms with E-state index in [-0.39, 0.29) is 5.57 Å². The normalized spacial score (nSPS) is 8.53. The zero-order chi connectivity index (χ0) is 11.3. The van der Waals surface area contributed by atoms with Gasteiger partial charge in [0.1, 0.15) is 23.5 Å². The summed E-state index contributed by atoms with van der Waals surface area (Å²) in [5.74, 6) is 0.764. The maximum Gasteiger partial charge on any atom is 0.130 e. The zero-order valence-electron chi connectivity index (χ0n) is 8.61. The van der Waals surface area contributed by atoms with Crippen molar-refractivity contribution in [1.82, 2.24) is 0 Å². The number of rotatable bonds is 2. The van der Waals surface area contributed by atoms with E-state index < -0.39 is 0 Å². The zero-order valence-corrected chi connectivity index (χ0v) is 8.61. The Labute approximate surface area is 88.8 Å². The Morgan fingerprint density at radius 1 is 1.33 bits per heavy atom. The van der Waals surface area contributed by atoms with E-state index in [2.05, 4.69) is 0 Å². The minimum Gasteiger partial charge on any atom is -0.497 e. The Bertz CT molecular complexity index is 459. The van der Waals surface area contributed by atoms with Crippen molar-refractivity contribution in [2.24, 2.45) is 0 Å². The van der Waals surface area contributed by atoms with E-state index in [4.69, 9.17) is 15.3 Å². The van der Waals surface area contributed by atoms with Crippen molar-refractivity contribution in [2.45, 2.75) is 6.92 Å². The lowest BCUT2D eigenvalue weighted by molar-refractivity contribution is 0.414. The third-order valence-electron chi connectivity index (χ3n) is 2.02. The lowest BCUT2D eigenvalue weighted by Gasteiger charge is -2.03. The highest BCUT2D eigenvalue weighted by Crippen LogP contribution is 2.18. The predicted molar refractivity (Wildman–Crippen MR) is 56.9 cm³/mol. The summed E-state index contributed by atoms with van der Waals surface area (Å²) in [5, 5.41) is 17.2. The van der Waals surface area contributed by atoms with Crippen LogP contribution in [0.15, 0.2) is 23.8 Å². The van der Waals surface area contributed by atoms with Gasteiger partial charge < -0.3 is 4.74 Å². The first-order chi connectivity index (χ1) is 7.21. The van der Waals surface area contributed by atoms with Crippen LogP contribution in [0.4, 0.5) is 0 Å². The Hall–Kier alpha value is -2.26. The standard InChI is InChI=1S/C12H10N2O/c1-9-5-12(15-2)4-3-11(9)6-10(7-13)8-14/h3-6H,1-2H3. The van der Waals surface area contributed by atoms with Crippen molar-refractivity contribution >= 4 is 6.08 Å². The maximum absolute atomic E-state index is 8.61. The number of methoxy groups -OCH3 is 1. The number of nitriles is 2. The molecule has 0 unspecified atom stereocenters. The molecule has 0 aromatic heterocycles. The van der Waals surface area contributed by atoms with Crippen LogP contribution in [-0.2, 0) is 0 Å². The first kappa shape index (κ1) is 10.8. The molecular weight excluding hydrogens is 188 g/mol. The summed E-state index contributed by atoms with van der Waals surface area (Å²) in [6.07, 6.45) is 1.56. The summed E-state index contributed by atoms with van der Waals surface area (Å²) in [6, 6.07) is 9.13. The van der Waals surface area contributed by atoms with Gasteiger partial charge >= 0.3 is 0 Å². The quantitative estimate of drug-likeness (QED) is 0.686. The molecule has 15 heavy (non-hydrogen) atoms. The van der Waals surface area contributed by atoms with Crippen molar-refractivity contribution < 1.29 is 4.74 Å². The molecule has 0 spiro atoms. The van der Waals surface area contributed by atoms with Gasteiger partial charge in [-0.15, -0.1) is 0 Å². The van der Waals surface area contributed by atoms with Gasteiger partial charge in [0.25, 0.3) is 0 Å². The second kappa shape index (κ2) is 4.83. The van der Waals surface area contributed by atoms with Gasteiger partial charge in [0.15, 0.2) is 0 Å². The van der Waals surface area contributed by atoms with E-state index >= 15 is 0 Å². The van der Waals surface area contributed by atoms with Crippen LogP contribution in [0.1, 0.15) is 11.1 Å². The smallest absolute Gasteiger partial charge is 0.130 e. The second-order valence-electron chi connectivity index (χ2n) is 3.00. The third-order valence-corrected chi connectivity index (χ3v) is 2.02. The number of ether oxygens (including phenoxy) is 1. The molecule has 0 saturated heterocycles. The number of allylic oxidation sites excluding steroid dienone is 1. The molecule has 0 aliphatic carbocycles. The maximum atomic E-state index is 8.61. The molecule has 74 valence electrons. The van der Waals surface area contributed by atoms with Crippen LogP contribution in [0.2, 0.25) is 0 Å². The molecule has 0 atom stereocenters. The van der Waals surface area contributed by atoms with Crippen molar-refractivity contribution in [2.75, 3.05) is 7.11 Å². The summed E-state index contributed by atoms with van der Waals surface area (Å²) < 4.78 is 5.06. The fourth-order valence-corrected chi connectivity index (χ4v) is 1.18. The summed E-state index contributed by atoms with van der Waals surface area (Å²) in [4.78, 5) is 0. The molecule has 1 aromatic carbocycles. The average molecular weight is 198 g/mol. The van der Waals surface area contributed by atoms with E-state index in [1.807, 2.05) is 31.2 Å². The number of hydrogen-bond acceptors (Lipinski definition) is 3. The second-order valence-corrected chi connectivity index (χ2v) is 3.00. The van der Waals surface area contributed by atoms with E-state index in [0.29, 0.717) is 0 Å². The van der Waals surface area contributed by atoms with Gasteiger partial charge in [-0.25, -0.2) is 0 Å². The van der Waals surface area contributed by atoms with E-state index in [0.717, 1.165) is 16.9 Å². The van der Waals surface area contributed by atoms with Crippen molar-refractivity contribution in [3.05, 3.63) is 34.9 Å². The van der Waals surface area contributed by atoms with E-state index in [1.165, 1.54) is 0 Å². The molecule has 1 rings (SSSR count). The Kier molecular flexibility index (Phi) is 3.49. The van der Waals surface area contributed by atoms with Gasteiger partial charge in [-0.2, -0.15) is 10.5 Å². The molecule has 0 saturated carbocycles. The van der Waals surface area contributed by atoms with Gasteiger partial charge in [-0.3, -0.25) is 0 Å². The molecule has 0 bridgehead atoms. The molecule has 0 aliphatic heterocycles. The van der Waals surface area contributed by atoms with Gasteiger partial charge in [-0.05, 0) is 36.3 Å². The highest BCUT2D eigenvalue weighted by Gasteiger charge is 1.99. The first-order valence-electron chi connectivity index (χ1n) is 4.37. The molecular formula is C12H10N2O. The molecule has 1 aromatic rings. The van der Waals surface area contributed by atoms with Crippen LogP contribution in [0.5, 0.6) is 5.75 Å². The van der Waals surface area contributed by atoms with Crippen LogP contribution in [0.3, 0.4) is 0 Å². The molecule has 3 heteroatoms. The fourth-order valence-electron chi connectivity index (χ4n) is 1.18. The van der Waals surface area contributed by atoms with Crippen LogP contribution in [0.25, 0.3) is 6.08 Å². The summed E-state index contributed by atoms with van der Waals surface area (Å²) in [6.45, 7) is 1.90. The van der Waals surface area contributed by atoms with Crippen LogP contribution in [0, 0.1) is 29.6 Å². The van der Waals surface area contributed by atoms with Gasteiger partial charge in [0.2, 0.25) is 0 Å². The Morgan fingerprint density at radius 2 is 2.00 bits per heavy atom. The summed E-state index contributed by atoms with van der Waals surface area (Å²) >= 11 is 0. The highest BCUT2D eigenvalue weighted by molar-refractivity contribution is 5.64. The third kappa shape index (κ3) is 2.59. The topological polar surface area (TPSA) is 56.8 Å². The Morgan fingerprint density at radius 3 is 2.47 bits per heavy atom. The van der Waals surface area contributed by atoms with Crippen molar-refractivity contribution in [3.8, 4) is 17.9 Å². The van der Waals surface area contributed by atoms with Gasteiger partial charge in [0.05, 0.1) is 7.11 Å². The molecule has 0 fully saturated rings. The Balaban J connectivity index is 3.14. The minimum atomic E-state index is 0.100. The SMILES string of the molecule is COc1ccc(C=C(C#N)C#N)c(C)c1. The highest BCUT2D eigenvalue weighted by atomic mass is 16.5. The van der Waals surface area contributed by atoms with Gasteiger partial charge in [0, 0.05) is 0 Å². The van der Waals surface area contributed by atoms with Crippen LogP contribution in [-0.4, -0.2) is 7.11 Å². The molecule has 0 aliphatic rings. The van der Waals surface area contributed by atoms with Gasteiger partial charge in [-0.1, -0.05) is 6.07 Å². The molecule has 0 heterocycles. The molecule has 0 radical (unpaired) electrons. The molecule has 0 amide bonds. The largest absolute Gasteiger partial charge is 0.497 e. The fraction of sp³-hybridized carbons (Fsp3) is 0.167. The van der Waals surface area contributed by atoms with Crippen LogP contribution < -0.4 is 4.74 Å². The van der Waals surface area contributed by atoms with Crippen molar-refractivity contribution in [1.29, 1.82) is 10.5 Å². The van der Waals surface area contributed by atoms with Crippen molar-refractivity contribution in [3.63, 3.8) is 0 Å². The number of aryl methyl sites for hydroxylation is 1. The van der Waals surface area contributed by atoms with E-state index in [9.17, 15) is 0 Å². The summed E-state index contributed by atoms with van der Waals surface area (Å²) in [7, 11) is 1.60. The molecule has 0 N–H and O–H groups in total. The summed E-state index contributed by atoms with van der Waals surface area (Å²) in [5.41, 5.74) is 1.93. The van der Waals surface area contributed by atoms with E-state index in [1.54, 1.807) is 19.3 Å². The number of nitrogens with zero attached hydrogens (tertiary/aromatic N) is 2.